The highest BCUT2D eigenvalue weighted by molar-refractivity contribution is 5.80. The van der Waals surface area contributed by atoms with Gasteiger partial charge in [0, 0.05) is 58.9 Å². The van der Waals surface area contributed by atoms with Gasteiger partial charge in [0.2, 0.25) is 5.91 Å². The van der Waals surface area contributed by atoms with E-state index >= 15 is 0 Å². The zero-order valence-corrected chi connectivity index (χ0v) is 16.2. The van der Waals surface area contributed by atoms with E-state index in [4.69, 9.17) is 0 Å². The van der Waals surface area contributed by atoms with Crippen molar-refractivity contribution in [3.05, 3.63) is 22.6 Å². The van der Waals surface area contributed by atoms with Gasteiger partial charge in [-0.15, -0.1) is 0 Å². The van der Waals surface area contributed by atoms with Gasteiger partial charge < -0.3 is 9.80 Å². The fourth-order valence-corrected chi connectivity index (χ4v) is 3.97. The summed E-state index contributed by atoms with van der Waals surface area (Å²) in [6, 6.07) is 1.62. The number of amides is 1. The highest BCUT2D eigenvalue weighted by atomic mass is 16.2. The van der Waals surface area contributed by atoms with Gasteiger partial charge >= 0.3 is 0 Å². The van der Waals surface area contributed by atoms with Crippen LogP contribution in [-0.4, -0.2) is 71.3 Å². The van der Waals surface area contributed by atoms with Crippen LogP contribution in [0.2, 0.25) is 0 Å². The lowest BCUT2D eigenvalue weighted by molar-refractivity contribution is -0.137. The Morgan fingerprint density at radius 1 is 1.23 bits per heavy atom. The maximum Gasteiger partial charge on any atom is 0.268 e. The Kier molecular flexibility index (Phi) is 5.96. The Labute approximate surface area is 155 Å². The molecular formula is C19H31N5O2. The second kappa shape index (κ2) is 8.20. The van der Waals surface area contributed by atoms with Gasteiger partial charge in [-0.3, -0.25) is 14.5 Å². The summed E-state index contributed by atoms with van der Waals surface area (Å²) in [7, 11) is 1.65. The lowest BCUT2D eigenvalue weighted by Crippen LogP contribution is -2.53. The molecule has 0 aliphatic carbocycles. The molecule has 26 heavy (non-hydrogen) atoms. The number of piperazine rings is 1. The summed E-state index contributed by atoms with van der Waals surface area (Å²) < 4.78 is 1.33. The molecule has 1 amide bonds. The maximum atomic E-state index is 13.0. The molecule has 3 rings (SSSR count). The van der Waals surface area contributed by atoms with Crippen molar-refractivity contribution >= 4 is 11.6 Å². The summed E-state index contributed by atoms with van der Waals surface area (Å²) >= 11 is 0. The van der Waals surface area contributed by atoms with Crippen molar-refractivity contribution in [1.82, 2.24) is 19.6 Å². The minimum Gasteiger partial charge on any atom is -0.369 e. The van der Waals surface area contributed by atoms with Crippen LogP contribution in [0.25, 0.3) is 0 Å². The predicted molar refractivity (Wildman–Crippen MR) is 102 cm³/mol. The zero-order valence-electron chi connectivity index (χ0n) is 16.2. The molecule has 1 aromatic heterocycles. The van der Waals surface area contributed by atoms with E-state index in [1.807, 2.05) is 4.90 Å². The highest BCUT2D eigenvalue weighted by Crippen LogP contribution is 2.23. The summed E-state index contributed by atoms with van der Waals surface area (Å²) in [5.41, 5.74) is 0.713. The van der Waals surface area contributed by atoms with Crippen LogP contribution in [0.15, 0.2) is 17.1 Å². The lowest BCUT2D eigenvalue weighted by atomic mass is 9.96. The number of piperidine rings is 1. The molecule has 1 atom stereocenters. The predicted octanol–water partition coefficient (Wildman–Crippen LogP) is 0.797. The summed E-state index contributed by atoms with van der Waals surface area (Å²) in [4.78, 5) is 31.4. The quantitative estimate of drug-likeness (QED) is 0.794. The van der Waals surface area contributed by atoms with Gasteiger partial charge in [0.1, 0.15) is 0 Å². The molecule has 0 spiro atoms. The average Bonchev–Trinajstić information content (AvgIpc) is 2.64. The minimum atomic E-state index is -0.114. The second-order valence-electron chi connectivity index (χ2n) is 7.98. The molecule has 0 N–H and O–H groups in total. The Balaban J connectivity index is 1.58. The highest BCUT2D eigenvalue weighted by Gasteiger charge is 2.31. The molecule has 2 saturated heterocycles. The maximum absolute atomic E-state index is 13.0. The van der Waals surface area contributed by atoms with E-state index in [-0.39, 0.29) is 17.4 Å². The Morgan fingerprint density at radius 3 is 2.62 bits per heavy atom. The standard InChI is InChI=1S/C19H31N5O2/c1-15(2)13-22-7-9-23(10-8-22)19(26)16-5-4-6-24(14-16)17-11-18(25)21(3)20-12-17/h11-12,15-16H,4-10,13-14H2,1-3H3/t16-/m0/s1. The molecule has 2 aliphatic rings. The van der Waals surface area contributed by atoms with Crippen LogP contribution in [0.1, 0.15) is 26.7 Å². The van der Waals surface area contributed by atoms with Gasteiger partial charge in [-0.1, -0.05) is 13.8 Å². The van der Waals surface area contributed by atoms with Gasteiger partial charge in [-0.05, 0) is 18.8 Å². The van der Waals surface area contributed by atoms with Crippen molar-refractivity contribution in [3.63, 3.8) is 0 Å². The number of aromatic nitrogens is 2. The van der Waals surface area contributed by atoms with E-state index in [0.29, 0.717) is 12.5 Å². The van der Waals surface area contributed by atoms with Crippen molar-refractivity contribution in [2.24, 2.45) is 18.9 Å². The Bertz CT molecular complexity index is 679. The van der Waals surface area contributed by atoms with E-state index in [0.717, 1.165) is 57.8 Å². The van der Waals surface area contributed by atoms with E-state index in [1.54, 1.807) is 19.3 Å². The van der Waals surface area contributed by atoms with Gasteiger partial charge in [0.25, 0.3) is 5.56 Å². The van der Waals surface area contributed by atoms with Crippen molar-refractivity contribution in [2.45, 2.75) is 26.7 Å². The van der Waals surface area contributed by atoms with Crippen LogP contribution in [0, 0.1) is 11.8 Å². The Hall–Kier alpha value is -1.89. The van der Waals surface area contributed by atoms with Crippen LogP contribution in [0.4, 0.5) is 5.69 Å². The van der Waals surface area contributed by atoms with Gasteiger partial charge in [0.15, 0.2) is 0 Å². The summed E-state index contributed by atoms with van der Waals surface area (Å²) in [6.07, 6.45) is 3.62. The van der Waals surface area contributed by atoms with Gasteiger partial charge in [-0.25, -0.2) is 4.68 Å². The molecule has 0 saturated carbocycles. The third-order valence-corrected chi connectivity index (χ3v) is 5.40. The van der Waals surface area contributed by atoms with E-state index in [1.165, 1.54) is 4.68 Å². The molecule has 0 bridgehead atoms. The first-order valence-electron chi connectivity index (χ1n) is 9.73. The normalized spacial score (nSPS) is 22.1. The largest absolute Gasteiger partial charge is 0.369 e. The summed E-state index contributed by atoms with van der Waals surface area (Å²) in [6.45, 7) is 10.7. The molecule has 7 heteroatoms. The van der Waals surface area contributed by atoms with Gasteiger partial charge in [0.05, 0.1) is 17.8 Å². The third kappa shape index (κ3) is 4.44. The molecule has 0 radical (unpaired) electrons. The van der Waals surface area contributed by atoms with Crippen LogP contribution in [-0.2, 0) is 11.8 Å². The molecule has 0 aromatic carbocycles. The van der Waals surface area contributed by atoms with E-state index < -0.39 is 0 Å². The first-order chi connectivity index (χ1) is 12.4. The van der Waals surface area contributed by atoms with Crippen molar-refractivity contribution in [3.8, 4) is 0 Å². The van der Waals surface area contributed by atoms with Crippen LogP contribution >= 0.6 is 0 Å². The summed E-state index contributed by atoms with van der Waals surface area (Å²) in [5.74, 6) is 0.955. The number of carbonyl (C=O) groups is 1. The first kappa shape index (κ1) is 18.9. The number of rotatable bonds is 4. The fraction of sp³-hybridized carbons (Fsp3) is 0.737. The van der Waals surface area contributed by atoms with Crippen LogP contribution in [0.5, 0.6) is 0 Å². The number of aryl methyl sites for hydroxylation is 1. The number of hydrogen-bond acceptors (Lipinski definition) is 5. The molecule has 3 heterocycles. The fourth-order valence-electron chi connectivity index (χ4n) is 3.97. The zero-order chi connectivity index (χ0) is 18.7. The number of hydrogen-bond donors (Lipinski definition) is 0. The monoisotopic (exact) mass is 361 g/mol. The van der Waals surface area contributed by atoms with Gasteiger partial charge in [-0.2, -0.15) is 5.10 Å². The number of anilines is 1. The van der Waals surface area contributed by atoms with Crippen LogP contribution in [0.3, 0.4) is 0 Å². The van der Waals surface area contributed by atoms with Crippen molar-refractivity contribution in [2.75, 3.05) is 50.7 Å². The number of carbonyl (C=O) groups excluding carboxylic acids is 1. The van der Waals surface area contributed by atoms with E-state index in [2.05, 4.69) is 28.7 Å². The topological polar surface area (TPSA) is 61.7 Å². The molecule has 1 aromatic rings. The smallest absolute Gasteiger partial charge is 0.268 e. The lowest BCUT2D eigenvalue weighted by Gasteiger charge is -2.39. The third-order valence-electron chi connectivity index (χ3n) is 5.40. The Morgan fingerprint density at radius 2 is 1.96 bits per heavy atom. The second-order valence-corrected chi connectivity index (χ2v) is 7.98. The number of nitrogens with zero attached hydrogens (tertiary/aromatic N) is 5. The first-order valence-corrected chi connectivity index (χ1v) is 9.73. The molecule has 0 unspecified atom stereocenters. The molecule has 2 fully saturated rings. The molecule has 2 aliphatic heterocycles. The van der Waals surface area contributed by atoms with E-state index in [9.17, 15) is 9.59 Å². The van der Waals surface area contributed by atoms with Crippen LogP contribution < -0.4 is 10.5 Å². The van der Waals surface area contributed by atoms with Crippen molar-refractivity contribution in [1.29, 1.82) is 0 Å². The minimum absolute atomic E-state index is 0.0180. The summed E-state index contributed by atoms with van der Waals surface area (Å²) in [5, 5.41) is 4.11. The average molecular weight is 361 g/mol. The molecule has 144 valence electrons. The van der Waals surface area contributed by atoms with Crippen molar-refractivity contribution < 1.29 is 4.79 Å². The SMILES string of the molecule is CC(C)CN1CCN(C(=O)[C@H]2CCCN(c3cnn(C)c(=O)c3)C2)CC1. The molecule has 7 nitrogen and oxygen atoms in total. The molecular weight excluding hydrogens is 330 g/mol.